The van der Waals surface area contributed by atoms with Gasteiger partial charge < -0.3 is 29.7 Å². The molecule has 0 atom stereocenters. The summed E-state index contributed by atoms with van der Waals surface area (Å²) in [6.45, 7) is 0. The predicted molar refractivity (Wildman–Crippen MR) is 114 cm³/mol. The van der Waals surface area contributed by atoms with Crippen LogP contribution >= 0.6 is 11.6 Å². The van der Waals surface area contributed by atoms with Crippen molar-refractivity contribution in [3.63, 3.8) is 0 Å². The smallest absolute Gasteiger partial charge is 0.299 e. The molecule has 0 saturated heterocycles. The minimum Gasteiger partial charge on any atom is -0.495 e. The third kappa shape index (κ3) is 3.69. The van der Waals surface area contributed by atoms with Crippen molar-refractivity contribution in [3.05, 3.63) is 69.5 Å². The van der Waals surface area contributed by atoms with Crippen molar-refractivity contribution in [1.29, 1.82) is 0 Å². The van der Waals surface area contributed by atoms with Crippen molar-refractivity contribution in [2.75, 3.05) is 12.0 Å². The molecule has 2 radical (unpaired) electrons. The number of para-hydroxylation sites is 1. The minimum absolute atomic E-state index is 0.169. The van der Waals surface area contributed by atoms with E-state index in [1.807, 2.05) is 0 Å². The van der Waals surface area contributed by atoms with Crippen molar-refractivity contribution in [2.24, 2.45) is 7.05 Å². The largest absolute Gasteiger partial charge is 0.495 e. The van der Waals surface area contributed by atoms with E-state index in [1.54, 1.807) is 18.2 Å². The number of aryl methyl sites for hydroxylation is 1. The fourth-order valence-electron chi connectivity index (χ4n) is 3.20. The van der Waals surface area contributed by atoms with Gasteiger partial charge in [0.05, 0.1) is 23.0 Å². The molecule has 3 rings (SSSR count). The third-order valence-electron chi connectivity index (χ3n) is 4.77. The van der Waals surface area contributed by atoms with Crippen LogP contribution in [-0.2, 0) is 7.05 Å². The molecule has 1 aromatic heterocycles. The monoisotopic (exact) mass is 444 g/mol. The summed E-state index contributed by atoms with van der Waals surface area (Å²) in [6, 6.07) is 11.7. The molecular formula is C20H18BClN2O7. The van der Waals surface area contributed by atoms with Crippen LogP contribution in [0.25, 0.3) is 10.9 Å². The zero-order valence-electron chi connectivity index (χ0n) is 16.5. The Bertz CT molecular complexity index is 1210. The lowest BCUT2D eigenvalue weighted by Crippen LogP contribution is -2.67. The van der Waals surface area contributed by atoms with E-state index in [2.05, 4.69) is 0 Å². The number of halogens is 1. The molecular weight excluding hydrogens is 426 g/mol. The number of aromatic nitrogens is 1. The number of fused-ring (bicyclic) bond motifs is 1. The van der Waals surface area contributed by atoms with Crippen LogP contribution in [0.15, 0.2) is 53.3 Å². The minimum atomic E-state index is -3.74. The Kier molecular flexibility index (Phi) is 5.87. The Morgan fingerprint density at radius 1 is 1.10 bits per heavy atom. The number of hydrogen-bond donors (Lipinski definition) is 4. The molecule has 2 aromatic carbocycles. The van der Waals surface area contributed by atoms with Gasteiger partial charge in [-0.2, -0.15) is 0 Å². The molecule has 1 amide bonds. The molecule has 4 N–H and O–H groups in total. The predicted octanol–water partition coefficient (Wildman–Crippen LogP) is 0.293. The summed E-state index contributed by atoms with van der Waals surface area (Å²) in [5, 5.41) is 40.8. The first-order chi connectivity index (χ1) is 14.4. The van der Waals surface area contributed by atoms with Gasteiger partial charge in [0.15, 0.2) is 13.5 Å². The van der Waals surface area contributed by atoms with E-state index >= 15 is 0 Å². The highest BCUT2D eigenvalue weighted by molar-refractivity contribution is 6.36. The van der Waals surface area contributed by atoms with Crippen LogP contribution in [0.5, 0.6) is 5.75 Å². The topological polar surface area (TPSA) is 132 Å². The maximum atomic E-state index is 13.5. The highest BCUT2D eigenvalue weighted by Gasteiger charge is 2.52. The van der Waals surface area contributed by atoms with Gasteiger partial charge in [-0.25, -0.2) is 0 Å². The molecule has 31 heavy (non-hydrogen) atoms. The number of carbonyl (C=O) groups excluding carboxylic acids is 1. The molecule has 0 fully saturated rings. The normalized spacial score (nSPS) is 12.1. The summed E-state index contributed by atoms with van der Waals surface area (Å²) >= 11 is 6.28. The zero-order chi connectivity index (χ0) is 23.1. The molecule has 0 spiro atoms. The second kappa shape index (κ2) is 7.99. The summed E-state index contributed by atoms with van der Waals surface area (Å²) in [6.07, 6.45) is 0. The summed E-state index contributed by atoms with van der Waals surface area (Å²) in [5.41, 5.74) is -5.00. The first kappa shape index (κ1) is 22.8. The average Bonchev–Trinajstić information content (AvgIpc) is 2.70. The summed E-state index contributed by atoms with van der Waals surface area (Å²) in [5.74, 6) is -5.30. The number of ether oxygens (including phenoxy) is 1. The van der Waals surface area contributed by atoms with Crippen LogP contribution < -0.4 is 15.2 Å². The number of aliphatic hydroxyl groups is 4. The summed E-state index contributed by atoms with van der Waals surface area (Å²) in [7, 11) is 7.70. The van der Waals surface area contributed by atoms with E-state index in [4.69, 9.17) is 24.2 Å². The lowest BCUT2D eigenvalue weighted by Gasteiger charge is -2.41. The molecule has 11 heteroatoms. The summed E-state index contributed by atoms with van der Waals surface area (Å²) < 4.78 is 6.45. The number of pyridine rings is 1. The van der Waals surface area contributed by atoms with Crippen molar-refractivity contribution in [1.82, 2.24) is 4.57 Å². The fraction of sp³-hybridized carbons (Fsp3) is 0.200. The van der Waals surface area contributed by atoms with Gasteiger partial charge in [-0.1, -0.05) is 35.9 Å². The number of carbonyl (C=O) groups is 1. The van der Waals surface area contributed by atoms with Gasteiger partial charge in [0, 0.05) is 12.7 Å². The van der Waals surface area contributed by atoms with E-state index in [1.165, 1.54) is 44.5 Å². The van der Waals surface area contributed by atoms with Gasteiger partial charge in [0.25, 0.3) is 17.4 Å². The van der Waals surface area contributed by atoms with Gasteiger partial charge in [-0.05, 0) is 24.3 Å². The standard InChI is InChI=1S/C20H18BClN2O7/c1-23-13-10-6-9-12(22)14(13)16(31-2)15(17(23)25)18(26)24(11-7-4-3-5-8-11)20(29,30)19(21,27)28/h3-10,27-30H,1-2H3. The maximum absolute atomic E-state index is 13.5. The SMILES string of the molecule is [B]C(O)(O)C(O)(O)N(C(=O)c1c(OC)c2c(Cl)cccc2n(C)c1=O)c1ccccc1. The van der Waals surface area contributed by atoms with Crippen molar-refractivity contribution in [2.45, 2.75) is 11.6 Å². The third-order valence-corrected chi connectivity index (χ3v) is 5.08. The Balaban J connectivity index is 2.40. The number of benzene rings is 2. The molecule has 0 bridgehead atoms. The van der Waals surface area contributed by atoms with E-state index < -0.39 is 28.6 Å². The molecule has 0 aliphatic heterocycles. The lowest BCUT2D eigenvalue weighted by atomic mass is 9.89. The van der Waals surface area contributed by atoms with E-state index in [9.17, 15) is 30.0 Å². The second-order valence-corrected chi connectivity index (χ2v) is 7.15. The maximum Gasteiger partial charge on any atom is 0.299 e. The van der Waals surface area contributed by atoms with Gasteiger partial charge in [0.1, 0.15) is 11.3 Å². The Morgan fingerprint density at radius 2 is 1.71 bits per heavy atom. The lowest BCUT2D eigenvalue weighted by molar-refractivity contribution is -0.309. The second-order valence-electron chi connectivity index (χ2n) is 6.74. The Labute approximate surface area is 182 Å². The highest BCUT2D eigenvalue weighted by atomic mass is 35.5. The molecule has 0 saturated carbocycles. The first-order valence-electron chi connectivity index (χ1n) is 8.86. The first-order valence-corrected chi connectivity index (χ1v) is 9.24. The molecule has 0 unspecified atom stereocenters. The van der Waals surface area contributed by atoms with Crippen molar-refractivity contribution < 1.29 is 30.0 Å². The Morgan fingerprint density at radius 3 is 2.26 bits per heavy atom. The summed E-state index contributed by atoms with van der Waals surface area (Å²) in [4.78, 5) is 26.8. The van der Waals surface area contributed by atoms with Gasteiger partial charge >= 0.3 is 0 Å². The van der Waals surface area contributed by atoms with Crippen LogP contribution in [-0.4, -0.2) is 57.5 Å². The number of rotatable bonds is 5. The van der Waals surface area contributed by atoms with Crippen LogP contribution in [0.4, 0.5) is 5.69 Å². The number of nitrogens with zero attached hydrogens (tertiary/aromatic N) is 2. The van der Waals surface area contributed by atoms with Crippen LogP contribution in [0.2, 0.25) is 5.02 Å². The van der Waals surface area contributed by atoms with Gasteiger partial charge in [-0.15, -0.1) is 0 Å². The number of methoxy groups -OCH3 is 1. The van der Waals surface area contributed by atoms with E-state index in [-0.39, 0.29) is 26.7 Å². The molecule has 0 aliphatic carbocycles. The van der Waals surface area contributed by atoms with E-state index in [0.29, 0.717) is 5.52 Å². The van der Waals surface area contributed by atoms with Gasteiger partial charge in [-0.3, -0.25) is 14.5 Å². The van der Waals surface area contributed by atoms with Crippen LogP contribution in [0.3, 0.4) is 0 Å². The molecule has 0 aliphatic rings. The molecule has 160 valence electrons. The van der Waals surface area contributed by atoms with Crippen molar-refractivity contribution >= 4 is 41.9 Å². The number of amides is 1. The fourth-order valence-corrected chi connectivity index (χ4v) is 3.46. The molecule has 1 heterocycles. The Hall–Kier alpha value is -2.89. The van der Waals surface area contributed by atoms with E-state index in [0.717, 1.165) is 4.57 Å². The highest BCUT2D eigenvalue weighted by Crippen LogP contribution is 2.36. The zero-order valence-corrected chi connectivity index (χ0v) is 17.2. The van der Waals surface area contributed by atoms with Crippen LogP contribution in [0.1, 0.15) is 10.4 Å². The quantitative estimate of drug-likeness (QED) is 0.328. The average molecular weight is 445 g/mol. The van der Waals surface area contributed by atoms with Gasteiger partial charge in [0.2, 0.25) is 0 Å². The number of hydrogen-bond acceptors (Lipinski definition) is 7. The van der Waals surface area contributed by atoms with Crippen molar-refractivity contribution in [3.8, 4) is 5.75 Å². The number of anilines is 1. The molecule has 9 nitrogen and oxygen atoms in total. The van der Waals surface area contributed by atoms with Crippen LogP contribution in [0, 0.1) is 0 Å². The molecule has 3 aromatic rings.